The van der Waals surface area contributed by atoms with Crippen molar-refractivity contribution in [3.8, 4) is 6.07 Å². The Morgan fingerprint density at radius 2 is 1.89 bits per heavy atom. The molecule has 1 aromatic heterocycles. The van der Waals surface area contributed by atoms with Gasteiger partial charge in [0.1, 0.15) is 23.0 Å². The SMILES string of the molecule is Cn1c2c(c(=O)n(C)c1=O)C(O)=C(C#N)C(=O)CN2. The maximum Gasteiger partial charge on any atom is 0.332 e. The highest BCUT2D eigenvalue weighted by Gasteiger charge is 2.28. The first-order valence-corrected chi connectivity index (χ1v) is 5.31. The van der Waals surface area contributed by atoms with Crippen molar-refractivity contribution in [2.45, 2.75) is 0 Å². The van der Waals surface area contributed by atoms with Crippen LogP contribution in [-0.4, -0.2) is 26.6 Å². The molecule has 0 spiro atoms. The van der Waals surface area contributed by atoms with Crippen LogP contribution < -0.4 is 16.6 Å². The zero-order valence-electron chi connectivity index (χ0n) is 10.2. The van der Waals surface area contributed by atoms with Gasteiger partial charge in [0.15, 0.2) is 11.5 Å². The van der Waals surface area contributed by atoms with Gasteiger partial charge in [-0.2, -0.15) is 5.26 Å². The van der Waals surface area contributed by atoms with E-state index >= 15 is 0 Å². The van der Waals surface area contributed by atoms with Gasteiger partial charge in [-0.25, -0.2) is 4.79 Å². The highest BCUT2D eigenvalue weighted by atomic mass is 16.3. The number of aliphatic hydroxyl groups is 1. The maximum atomic E-state index is 12.0. The van der Waals surface area contributed by atoms with Crippen molar-refractivity contribution in [2.24, 2.45) is 14.1 Å². The summed E-state index contributed by atoms with van der Waals surface area (Å²) < 4.78 is 1.89. The van der Waals surface area contributed by atoms with E-state index in [9.17, 15) is 19.5 Å². The topological polar surface area (TPSA) is 117 Å². The third-order valence-electron chi connectivity index (χ3n) is 2.95. The number of nitrogens with zero attached hydrogens (tertiary/aromatic N) is 3. The van der Waals surface area contributed by atoms with E-state index in [1.54, 1.807) is 6.07 Å². The molecule has 0 aromatic carbocycles. The van der Waals surface area contributed by atoms with E-state index in [-0.39, 0.29) is 17.9 Å². The van der Waals surface area contributed by atoms with Crippen LogP contribution in [0.1, 0.15) is 5.56 Å². The molecule has 2 N–H and O–H groups in total. The quantitative estimate of drug-likeness (QED) is 0.611. The lowest BCUT2D eigenvalue weighted by Crippen LogP contribution is -2.40. The molecule has 1 aromatic rings. The number of Topliss-reactive ketones (excluding diaryl/α,β-unsaturated/α-hetero) is 1. The molecule has 0 unspecified atom stereocenters. The minimum Gasteiger partial charge on any atom is -0.505 e. The van der Waals surface area contributed by atoms with Gasteiger partial charge >= 0.3 is 5.69 Å². The highest BCUT2D eigenvalue weighted by Crippen LogP contribution is 2.23. The fourth-order valence-corrected chi connectivity index (χ4v) is 1.89. The Morgan fingerprint density at radius 3 is 2.47 bits per heavy atom. The molecule has 0 saturated heterocycles. The summed E-state index contributed by atoms with van der Waals surface area (Å²) in [7, 11) is 2.64. The number of carbonyl (C=O) groups is 1. The number of nitriles is 1. The summed E-state index contributed by atoms with van der Waals surface area (Å²) in [6, 6.07) is 1.57. The molecule has 1 aliphatic heterocycles. The van der Waals surface area contributed by atoms with Gasteiger partial charge in [-0.1, -0.05) is 0 Å². The van der Waals surface area contributed by atoms with E-state index < -0.39 is 28.4 Å². The zero-order valence-corrected chi connectivity index (χ0v) is 10.2. The number of rotatable bonds is 0. The van der Waals surface area contributed by atoms with Crippen LogP contribution >= 0.6 is 0 Å². The molecule has 2 heterocycles. The third-order valence-corrected chi connectivity index (χ3v) is 2.95. The highest BCUT2D eigenvalue weighted by molar-refractivity contribution is 6.09. The fraction of sp³-hybridized carbons (Fsp3) is 0.273. The molecule has 8 heteroatoms. The second-order valence-electron chi connectivity index (χ2n) is 4.04. The first kappa shape index (κ1) is 12.6. The minimum atomic E-state index is -0.773. The van der Waals surface area contributed by atoms with E-state index in [0.717, 1.165) is 9.13 Å². The third kappa shape index (κ3) is 1.63. The average Bonchev–Trinajstić information content (AvgIpc) is 2.50. The summed E-state index contributed by atoms with van der Waals surface area (Å²) in [6.07, 6.45) is 0. The number of fused-ring (bicyclic) bond motifs is 1. The first-order chi connectivity index (χ1) is 8.90. The van der Waals surface area contributed by atoms with Crippen molar-refractivity contribution in [3.63, 3.8) is 0 Å². The number of aromatic nitrogens is 2. The van der Waals surface area contributed by atoms with Crippen LogP contribution in [-0.2, 0) is 18.9 Å². The van der Waals surface area contributed by atoms with Crippen LogP contribution in [0.15, 0.2) is 15.2 Å². The summed E-state index contributed by atoms with van der Waals surface area (Å²) in [5.74, 6) is -1.33. The van der Waals surface area contributed by atoms with E-state index in [1.807, 2.05) is 0 Å². The zero-order chi connectivity index (χ0) is 14.3. The molecule has 0 radical (unpaired) electrons. The second kappa shape index (κ2) is 4.13. The molecule has 0 fully saturated rings. The molecule has 0 amide bonds. The Labute approximate surface area is 106 Å². The Balaban J connectivity index is 3.00. The molecule has 0 aliphatic carbocycles. The van der Waals surface area contributed by atoms with Crippen LogP contribution in [0.3, 0.4) is 0 Å². The predicted molar refractivity (Wildman–Crippen MR) is 65.6 cm³/mol. The largest absolute Gasteiger partial charge is 0.505 e. The maximum absolute atomic E-state index is 12.0. The monoisotopic (exact) mass is 262 g/mol. The summed E-state index contributed by atoms with van der Waals surface area (Å²) in [6.45, 7) is -0.277. The van der Waals surface area contributed by atoms with Gasteiger partial charge in [-0.15, -0.1) is 0 Å². The van der Waals surface area contributed by atoms with Gasteiger partial charge in [0.2, 0.25) is 0 Å². The van der Waals surface area contributed by atoms with Crippen LogP contribution in [0.5, 0.6) is 0 Å². The summed E-state index contributed by atoms with van der Waals surface area (Å²) in [4.78, 5) is 35.4. The Bertz CT molecular complexity index is 776. The molecule has 2 rings (SSSR count). The molecular weight excluding hydrogens is 252 g/mol. The van der Waals surface area contributed by atoms with Gasteiger partial charge in [0, 0.05) is 14.1 Å². The Kier molecular flexibility index (Phi) is 2.75. The average molecular weight is 262 g/mol. The molecule has 19 heavy (non-hydrogen) atoms. The summed E-state index contributed by atoms with van der Waals surface area (Å²) in [5.41, 5.74) is -2.13. The number of aliphatic hydroxyl groups excluding tert-OH is 1. The molecule has 1 aliphatic rings. The molecule has 8 nitrogen and oxygen atoms in total. The standard InChI is InChI=1S/C11H10N4O4/c1-14-9-7(10(18)15(2)11(14)19)8(17)5(3-12)6(16)4-13-9/h13,17H,4H2,1-2H3. The number of nitrogens with one attached hydrogen (secondary N) is 1. The van der Waals surface area contributed by atoms with Crippen LogP contribution in [0.2, 0.25) is 0 Å². The summed E-state index contributed by atoms with van der Waals surface area (Å²) in [5, 5.41) is 21.4. The Morgan fingerprint density at radius 1 is 1.26 bits per heavy atom. The van der Waals surface area contributed by atoms with Crippen molar-refractivity contribution >= 4 is 17.4 Å². The van der Waals surface area contributed by atoms with Crippen molar-refractivity contribution in [1.82, 2.24) is 9.13 Å². The van der Waals surface area contributed by atoms with E-state index in [1.165, 1.54) is 14.1 Å². The van der Waals surface area contributed by atoms with Gasteiger partial charge in [-0.3, -0.25) is 18.7 Å². The molecule has 0 atom stereocenters. The molecule has 0 bridgehead atoms. The van der Waals surface area contributed by atoms with Crippen molar-refractivity contribution in [3.05, 3.63) is 32.0 Å². The first-order valence-electron chi connectivity index (χ1n) is 5.31. The van der Waals surface area contributed by atoms with E-state index in [0.29, 0.717) is 0 Å². The van der Waals surface area contributed by atoms with Crippen LogP contribution in [0.4, 0.5) is 5.82 Å². The van der Waals surface area contributed by atoms with Crippen molar-refractivity contribution in [1.29, 1.82) is 5.26 Å². The molecule has 0 saturated carbocycles. The van der Waals surface area contributed by atoms with Gasteiger partial charge in [0.05, 0.1) is 6.54 Å². The van der Waals surface area contributed by atoms with E-state index in [2.05, 4.69) is 5.32 Å². The van der Waals surface area contributed by atoms with Crippen molar-refractivity contribution < 1.29 is 9.90 Å². The van der Waals surface area contributed by atoms with Gasteiger partial charge in [-0.05, 0) is 0 Å². The molecule has 98 valence electrons. The number of ketones is 1. The minimum absolute atomic E-state index is 0.0178. The number of carbonyl (C=O) groups excluding carboxylic acids is 1. The fourth-order valence-electron chi connectivity index (χ4n) is 1.89. The smallest absolute Gasteiger partial charge is 0.332 e. The predicted octanol–water partition coefficient (Wildman–Crippen LogP) is -1.13. The Hall–Kier alpha value is -2.82. The summed E-state index contributed by atoms with van der Waals surface area (Å²) >= 11 is 0. The number of hydrogen-bond donors (Lipinski definition) is 2. The second-order valence-corrected chi connectivity index (χ2v) is 4.04. The van der Waals surface area contributed by atoms with E-state index in [4.69, 9.17) is 5.26 Å². The number of hydrogen-bond acceptors (Lipinski definition) is 6. The van der Waals surface area contributed by atoms with Crippen molar-refractivity contribution in [2.75, 3.05) is 11.9 Å². The lowest BCUT2D eigenvalue weighted by Gasteiger charge is -2.13. The lowest BCUT2D eigenvalue weighted by molar-refractivity contribution is -0.113. The number of anilines is 1. The lowest BCUT2D eigenvalue weighted by atomic mass is 10.1. The van der Waals surface area contributed by atoms with Gasteiger partial charge in [0.25, 0.3) is 5.56 Å². The van der Waals surface area contributed by atoms with Crippen LogP contribution in [0, 0.1) is 11.3 Å². The van der Waals surface area contributed by atoms with Gasteiger partial charge < -0.3 is 10.4 Å². The van der Waals surface area contributed by atoms with Crippen LogP contribution in [0.25, 0.3) is 5.76 Å². The normalized spacial score (nSPS) is 14.5. The molecular formula is C11H10N4O4.